The van der Waals surface area contributed by atoms with E-state index in [0.717, 1.165) is 31.4 Å². The smallest absolute Gasteiger partial charge is 0.493 e. The number of nitrogens with two attached hydrogens (primary N) is 1. The molecule has 202 valence electrons. The first-order chi connectivity index (χ1) is 17.6. The fourth-order valence-electron chi connectivity index (χ4n) is 2.99. The molecule has 2 amide bonds. The van der Waals surface area contributed by atoms with Gasteiger partial charge in [0.25, 0.3) is 11.8 Å². The van der Waals surface area contributed by atoms with Gasteiger partial charge >= 0.3 is 12.5 Å². The molecule has 0 radical (unpaired) electrons. The third-order valence-electron chi connectivity index (χ3n) is 4.56. The zero-order chi connectivity index (χ0) is 28.4. The normalized spacial score (nSPS) is 11.6. The predicted octanol–water partition coefficient (Wildman–Crippen LogP) is 5.43. The third kappa shape index (κ3) is 6.37. The highest BCUT2D eigenvalue weighted by atomic mass is 19.4. The van der Waals surface area contributed by atoms with Crippen molar-refractivity contribution >= 4 is 17.5 Å². The van der Waals surface area contributed by atoms with Gasteiger partial charge in [-0.3, -0.25) is 9.59 Å². The van der Waals surface area contributed by atoms with Crippen LogP contribution in [0.15, 0.2) is 42.6 Å². The highest BCUT2D eigenvalue weighted by molar-refractivity contribution is 6.07. The maximum atomic E-state index is 15.0. The topological polar surface area (TPSA) is 113 Å². The standard InChI is InChI=1S/C22H13F8N3O5/c1-36-14-7-10(38-22(28,29)30)3-5-13(14)37-15-8-32-18(21(25,26)27)17(24)16(15)20(35)33-9-2-4-12(23)11(6-9)19(31)34/h2-8H,1H3,(H2,31,34)(H,33,35). The molecule has 38 heavy (non-hydrogen) atoms. The van der Waals surface area contributed by atoms with Gasteiger partial charge < -0.3 is 25.3 Å². The number of nitrogens with one attached hydrogen (secondary N) is 1. The van der Waals surface area contributed by atoms with Crippen molar-refractivity contribution in [2.24, 2.45) is 5.73 Å². The first-order valence-electron chi connectivity index (χ1n) is 9.88. The van der Waals surface area contributed by atoms with Crippen molar-refractivity contribution in [2.45, 2.75) is 12.5 Å². The van der Waals surface area contributed by atoms with E-state index in [-0.39, 0.29) is 5.69 Å². The maximum Gasteiger partial charge on any atom is 0.573 e. The second-order valence-corrected chi connectivity index (χ2v) is 7.13. The number of rotatable bonds is 7. The SMILES string of the molecule is COc1cc(OC(F)(F)F)ccc1Oc1cnc(C(F)(F)F)c(F)c1C(=O)Nc1ccc(F)c(C(N)=O)c1. The molecule has 8 nitrogen and oxygen atoms in total. The number of hydrogen-bond acceptors (Lipinski definition) is 6. The molecule has 1 heterocycles. The summed E-state index contributed by atoms with van der Waals surface area (Å²) < 4.78 is 120. The zero-order valence-electron chi connectivity index (χ0n) is 18.6. The minimum Gasteiger partial charge on any atom is -0.493 e. The molecule has 0 unspecified atom stereocenters. The Bertz CT molecular complexity index is 1390. The highest BCUT2D eigenvalue weighted by Gasteiger charge is 2.39. The molecule has 3 rings (SSSR count). The van der Waals surface area contributed by atoms with Gasteiger partial charge in [-0.2, -0.15) is 13.2 Å². The molecule has 1 aromatic heterocycles. The van der Waals surface area contributed by atoms with Gasteiger partial charge in [-0.05, 0) is 30.3 Å². The summed E-state index contributed by atoms with van der Waals surface area (Å²) in [4.78, 5) is 27.1. The van der Waals surface area contributed by atoms with Crippen molar-refractivity contribution in [2.75, 3.05) is 12.4 Å². The lowest BCUT2D eigenvalue weighted by Gasteiger charge is -2.17. The number of halogens is 8. The number of carbonyl (C=O) groups is 2. The first kappa shape index (κ1) is 27.9. The second kappa shape index (κ2) is 10.4. The lowest BCUT2D eigenvalue weighted by molar-refractivity contribution is -0.274. The number of pyridine rings is 1. The van der Waals surface area contributed by atoms with Gasteiger partial charge in [0.1, 0.15) is 17.1 Å². The van der Waals surface area contributed by atoms with E-state index in [4.69, 9.17) is 15.2 Å². The van der Waals surface area contributed by atoms with E-state index >= 15 is 0 Å². The number of nitrogens with zero attached hydrogens (tertiary/aromatic N) is 1. The summed E-state index contributed by atoms with van der Waals surface area (Å²) in [5, 5.41) is 1.99. The molecule has 0 fully saturated rings. The Morgan fingerprint density at radius 2 is 1.63 bits per heavy atom. The molecule has 2 aromatic carbocycles. The Labute approximate surface area is 206 Å². The summed E-state index contributed by atoms with van der Waals surface area (Å²) in [6.45, 7) is 0. The van der Waals surface area contributed by atoms with Crippen LogP contribution in [0.5, 0.6) is 23.0 Å². The molecule has 0 saturated carbocycles. The monoisotopic (exact) mass is 551 g/mol. The van der Waals surface area contributed by atoms with E-state index in [1.807, 2.05) is 5.32 Å². The molecular weight excluding hydrogens is 538 g/mol. The van der Waals surface area contributed by atoms with E-state index in [2.05, 4.69) is 9.72 Å². The van der Waals surface area contributed by atoms with Crippen molar-refractivity contribution in [1.29, 1.82) is 0 Å². The van der Waals surface area contributed by atoms with Gasteiger partial charge in [0.05, 0.1) is 18.9 Å². The number of primary amides is 1. The molecule has 0 aliphatic carbocycles. The van der Waals surface area contributed by atoms with Crippen LogP contribution in [0, 0.1) is 11.6 Å². The van der Waals surface area contributed by atoms with Gasteiger partial charge in [0, 0.05) is 11.8 Å². The Balaban J connectivity index is 2.06. The van der Waals surface area contributed by atoms with Crippen molar-refractivity contribution in [3.8, 4) is 23.0 Å². The van der Waals surface area contributed by atoms with Crippen molar-refractivity contribution in [3.05, 3.63) is 71.1 Å². The Kier molecular flexibility index (Phi) is 7.64. The molecule has 0 aliphatic rings. The number of benzene rings is 2. The fraction of sp³-hybridized carbons (Fsp3) is 0.136. The van der Waals surface area contributed by atoms with Crippen LogP contribution in [0.2, 0.25) is 0 Å². The summed E-state index contributed by atoms with van der Waals surface area (Å²) in [6, 6.07) is 4.68. The summed E-state index contributed by atoms with van der Waals surface area (Å²) in [5.41, 5.74) is 0.545. The molecule has 16 heteroatoms. The van der Waals surface area contributed by atoms with E-state index < -0.39 is 75.8 Å². The van der Waals surface area contributed by atoms with Crippen LogP contribution in [0.4, 0.5) is 40.8 Å². The fourth-order valence-corrected chi connectivity index (χ4v) is 2.99. The Hall–Kier alpha value is -4.63. The Morgan fingerprint density at radius 1 is 0.947 bits per heavy atom. The molecule has 3 aromatic rings. The van der Waals surface area contributed by atoms with Crippen LogP contribution in [0.1, 0.15) is 26.4 Å². The molecule has 0 saturated heterocycles. The van der Waals surface area contributed by atoms with Gasteiger partial charge in [-0.15, -0.1) is 13.2 Å². The quantitative estimate of drug-likeness (QED) is 0.379. The van der Waals surface area contributed by atoms with E-state index in [1.165, 1.54) is 0 Å². The number of ether oxygens (including phenoxy) is 3. The molecule has 0 bridgehead atoms. The largest absolute Gasteiger partial charge is 0.573 e. The van der Waals surface area contributed by atoms with Crippen molar-refractivity contribution in [3.63, 3.8) is 0 Å². The Morgan fingerprint density at radius 3 is 2.21 bits per heavy atom. The number of alkyl halides is 6. The summed E-state index contributed by atoms with van der Waals surface area (Å²) in [6.07, 6.45) is -10.1. The van der Waals surface area contributed by atoms with Crippen LogP contribution < -0.4 is 25.3 Å². The number of amides is 2. The van der Waals surface area contributed by atoms with E-state index in [1.54, 1.807) is 0 Å². The van der Waals surface area contributed by atoms with Crippen LogP contribution in [0.3, 0.4) is 0 Å². The molecule has 0 spiro atoms. The van der Waals surface area contributed by atoms with Crippen molar-refractivity contribution in [1.82, 2.24) is 4.98 Å². The van der Waals surface area contributed by atoms with Gasteiger partial charge in [0.15, 0.2) is 28.8 Å². The lowest BCUT2D eigenvalue weighted by atomic mass is 10.1. The second-order valence-electron chi connectivity index (χ2n) is 7.13. The average Bonchev–Trinajstić information content (AvgIpc) is 2.79. The number of hydrogen-bond donors (Lipinski definition) is 2. The minimum absolute atomic E-state index is 0.347. The van der Waals surface area contributed by atoms with Crippen molar-refractivity contribution < 1.29 is 58.9 Å². The van der Waals surface area contributed by atoms with E-state index in [0.29, 0.717) is 18.3 Å². The maximum absolute atomic E-state index is 15.0. The van der Waals surface area contributed by atoms with Crippen LogP contribution >= 0.6 is 0 Å². The third-order valence-corrected chi connectivity index (χ3v) is 4.56. The summed E-state index contributed by atoms with van der Waals surface area (Å²) >= 11 is 0. The van der Waals surface area contributed by atoms with Gasteiger partial charge in [-0.1, -0.05) is 0 Å². The van der Waals surface area contributed by atoms with Crippen LogP contribution in [-0.4, -0.2) is 30.3 Å². The molecule has 0 atom stereocenters. The number of aromatic nitrogens is 1. The van der Waals surface area contributed by atoms with Crippen LogP contribution in [0.25, 0.3) is 0 Å². The number of methoxy groups -OCH3 is 1. The molecule has 3 N–H and O–H groups in total. The lowest BCUT2D eigenvalue weighted by Crippen LogP contribution is -2.21. The number of carbonyl (C=O) groups excluding carboxylic acids is 2. The minimum atomic E-state index is -5.35. The molecular formula is C22H13F8N3O5. The predicted molar refractivity (Wildman–Crippen MR) is 112 cm³/mol. The van der Waals surface area contributed by atoms with Gasteiger partial charge in [0.2, 0.25) is 0 Å². The summed E-state index contributed by atoms with van der Waals surface area (Å²) in [7, 11) is 1.00. The number of anilines is 1. The average molecular weight is 551 g/mol. The first-order valence-corrected chi connectivity index (χ1v) is 9.88. The zero-order valence-corrected chi connectivity index (χ0v) is 18.6. The van der Waals surface area contributed by atoms with Gasteiger partial charge in [-0.25, -0.2) is 13.8 Å². The van der Waals surface area contributed by atoms with E-state index in [9.17, 15) is 44.7 Å². The molecule has 0 aliphatic heterocycles. The summed E-state index contributed by atoms with van der Waals surface area (Å²) in [5.74, 6) is -8.59. The van der Waals surface area contributed by atoms with Crippen LogP contribution in [-0.2, 0) is 6.18 Å². The highest BCUT2D eigenvalue weighted by Crippen LogP contribution is 2.40.